The van der Waals surface area contributed by atoms with Gasteiger partial charge < -0.3 is 14.6 Å². The van der Waals surface area contributed by atoms with Crippen LogP contribution in [0.15, 0.2) is 48.0 Å². The SMILES string of the molecule is CCOc1ccc([C@H]2C(=C(O)c3ccc(F)cc3)C(=O)C(=O)N2c2nnc(C)s2)cc1OCC. The van der Waals surface area contributed by atoms with E-state index in [1.807, 2.05) is 13.8 Å². The van der Waals surface area contributed by atoms with Crippen molar-refractivity contribution in [3.8, 4) is 11.5 Å². The maximum Gasteiger partial charge on any atom is 0.301 e. The van der Waals surface area contributed by atoms with E-state index in [9.17, 15) is 19.1 Å². The molecule has 0 aliphatic carbocycles. The van der Waals surface area contributed by atoms with E-state index in [0.717, 1.165) is 23.5 Å². The van der Waals surface area contributed by atoms with E-state index in [2.05, 4.69) is 10.2 Å². The van der Waals surface area contributed by atoms with Crippen molar-refractivity contribution in [2.24, 2.45) is 0 Å². The molecule has 4 rings (SSSR count). The summed E-state index contributed by atoms with van der Waals surface area (Å²) < 4.78 is 24.8. The van der Waals surface area contributed by atoms with Crippen molar-refractivity contribution in [2.45, 2.75) is 26.8 Å². The molecule has 10 heteroatoms. The fourth-order valence-electron chi connectivity index (χ4n) is 3.73. The zero-order valence-corrected chi connectivity index (χ0v) is 19.6. The number of nitrogens with zero attached hydrogens (tertiary/aromatic N) is 3. The van der Waals surface area contributed by atoms with Gasteiger partial charge in [0.25, 0.3) is 5.78 Å². The summed E-state index contributed by atoms with van der Waals surface area (Å²) in [6.07, 6.45) is 0. The summed E-state index contributed by atoms with van der Waals surface area (Å²) in [6, 6.07) is 9.06. The number of benzene rings is 2. The molecule has 8 nitrogen and oxygen atoms in total. The number of aliphatic hydroxyl groups is 1. The molecule has 1 aliphatic heterocycles. The Morgan fingerprint density at radius 2 is 1.74 bits per heavy atom. The van der Waals surface area contributed by atoms with Gasteiger partial charge in [0.05, 0.1) is 24.8 Å². The Kier molecular flexibility index (Phi) is 6.60. The summed E-state index contributed by atoms with van der Waals surface area (Å²) in [5.74, 6) is -1.70. The van der Waals surface area contributed by atoms with Crippen molar-refractivity contribution in [1.82, 2.24) is 10.2 Å². The molecule has 1 N–H and O–H groups in total. The normalized spacial score (nSPS) is 17.3. The van der Waals surface area contributed by atoms with Crippen LogP contribution in [-0.4, -0.2) is 40.2 Å². The molecule has 176 valence electrons. The number of aromatic nitrogens is 2. The van der Waals surface area contributed by atoms with Gasteiger partial charge in [0.2, 0.25) is 5.13 Å². The third-order valence-electron chi connectivity index (χ3n) is 5.17. The number of carbonyl (C=O) groups excluding carboxylic acids is 2. The fraction of sp³-hybridized carbons (Fsp3) is 0.250. The fourth-order valence-corrected chi connectivity index (χ4v) is 4.44. The van der Waals surface area contributed by atoms with Crippen LogP contribution in [0.3, 0.4) is 0 Å². The summed E-state index contributed by atoms with van der Waals surface area (Å²) >= 11 is 1.15. The molecule has 0 saturated carbocycles. The van der Waals surface area contributed by atoms with Crippen LogP contribution in [0.1, 0.15) is 36.0 Å². The number of rotatable bonds is 7. The number of halogens is 1. The second-order valence-corrected chi connectivity index (χ2v) is 8.51. The predicted molar refractivity (Wildman–Crippen MR) is 125 cm³/mol. The Balaban J connectivity index is 1.93. The van der Waals surface area contributed by atoms with Crippen LogP contribution in [0, 0.1) is 12.7 Å². The van der Waals surface area contributed by atoms with E-state index in [-0.39, 0.29) is 16.3 Å². The molecular weight excluding hydrogens is 461 g/mol. The maximum absolute atomic E-state index is 13.4. The highest BCUT2D eigenvalue weighted by Gasteiger charge is 2.48. The van der Waals surface area contributed by atoms with E-state index >= 15 is 0 Å². The third kappa shape index (κ3) is 4.24. The van der Waals surface area contributed by atoms with Crippen LogP contribution in [0.5, 0.6) is 11.5 Å². The van der Waals surface area contributed by atoms with E-state index in [4.69, 9.17) is 9.47 Å². The Morgan fingerprint density at radius 3 is 2.35 bits per heavy atom. The Labute approximate surface area is 199 Å². The topological polar surface area (TPSA) is 102 Å². The molecule has 0 bridgehead atoms. The van der Waals surface area contributed by atoms with Crippen molar-refractivity contribution < 1.29 is 28.6 Å². The highest BCUT2D eigenvalue weighted by Crippen LogP contribution is 2.44. The quantitative estimate of drug-likeness (QED) is 0.302. The Morgan fingerprint density at radius 1 is 1.06 bits per heavy atom. The molecule has 2 aromatic carbocycles. The number of aryl methyl sites for hydroxylation is 1. The molecular formula is C24H22FN3O5S. The number of Topliss-reactive ketones (excluding diaryl/α,β-unsaturated/α-hetero) is 1. The number of anilines is 1. The van der Waals surface area contributed by atoms with Gasteiger partial charge in [0.15, 0.2) is 11.5 Å². The van der Waals surface area contributed by atoms with Crippen LogP contribution in [0.2, 0.25) is 0 Å². The van der Waals surface area contributed by atoms with Crippen molar-refractivity contribution in [3.63, 3.8) is 0 Å². The first-order valence-electron chi connectivity index (χ1n) is 10.6. The van der Waals surface area contributed by atoms with Crippen molar-refractivity contribution in [3.05, 3.63) is 70.0 Å². The van der Waals surface area contributed by atoms with E-state index < -0.39 is 29.3 Å². The Bertz CT molecular complexity index is 1270. The molecule has 0 spiro atoms. The van der Waals surface area contributed by atoms with Gasteiger partial charge in [-0.15, -0.1) is 10.2 Å². The molecule has 1 aliphatic rings. The van der Waals surface area contributed by atoms with E-state index in [1.165, 1.54) is 17.0 Å². The first-order chi connectivity index (χ1) is 16.3. The van der Waals surface area contributed by atoms with Gasteiger partial charge in [-0.05, 0) is 62.7 Å². The number of carbonyl (C=O) groups is 2. The smallest absolute Gasteiger partial charge is 0.301 e. The zero-order chi connectivity index (χ0) is 24.4. The molecule has 1 saturated heterocycles. The van der Waals surface area contributed by atoms with Crippen LogP contribution in [0.4, 0.5) is 9.52 Å². The second kappa shape index (κ2) is 9.60. The number of ketones is 1. The van der Waals surface area contributed by atoms with Crippen LogP contribution in [-0.2, 0) is 9.59 Å². The maximum atomic E-state index is 13.4. The number of amides is 1. The number of hydrogen-bond donors (Lipinski definition) is 1. The second-order valence-electron chi connectivity index (χ2n) is 7.35. The predicted octanol–water partition coefficient (Wildman–Crippen LogP) is 4.41. The number of hydrogen-bond acceptors (Lipinski definition) is 8. The van der Waals surface area contributed by atoms with Crippen molar-refractivity contribution in [2.75, 3.05) is 18.1 Å². The lowest BCUT2D eigenvalue weighted by Gasteiger charge is -2.23. The lowest BCUT2D eigenvalue weighted by atomic mass is 9.95. The van der Waals surface area contributed by atoms with Gasteiger partial charge in [-0.25, -0.2) is 4.39 Å². The van der Waals surface area contributed by atoms with Crippen molar-refractivity contribution in [1.29, 1.82) is 0 Å². The van der Waals surface area contributed by atoms with Gasteiger partial charge in [0.1, 0.15) is 16.6 Å². The monoisotopic (exact) mass is 483 g/mol. The Hall–Kier alpha value is -3.79. The summed E-state index contributed by atoms with van der Waals surface area (Å²) in [7, 11) is 0. The largest absolute Gasteiger partial charge is 0.507 e. The minimum Gasteiger partial charge on any atom is -0.507 e. The molecule has 1 atom stereocenters. The lowest BCUT2D eigenvalue weighted by molar-refractivity contribution is -0.132. The van der Waals surface area contributed by atoms with Crippen molar-refractivity contribution >= 4 is 33.9 Å². The molecule has 0 unspecified atom stereocenters. The van der Waals surface area contributed by atoms with E-state index in [0.29, 0.717) is 35.3 Å². The van der Waals surface area contributed by atoms with Crippen LogP contribution < -0.4 is 14.4 Å². The van der Waals surface area contributed by atoms with Crippen LogP contribution >= 0.6 is 11.3 Å². The van der Waals surface area contributed by atoms with Crippen LogP contribution in [0.25, 0.3) is 5.76 Å². The minimum absolute atomic E-state index is 0.143. The molecule has 1 fully saturated rings. The average molecular weight is 484 g/mol. The summed E-state index contributed by atoms with van der Waals surface area (Å²) in [4.78, 5) is 27.5. The summed E-state index contributed by atoms with van der Waals surface area (Å²) in [6.45, 7) is 6.20. The highest BCUT2D eigenvalue weighted by atomic mass is 32.1. The molecule has 0 radical (unpaired) electrons. The highest BCUT2D eigenvalue weighted by molar-refractivity contribution is 7.15. The standard InChI is InChI=1S/C24H22FN3O5S/c1-4-32-17-11-8-15(12-18(17)33-5-2)20-19(21(29)14-6-9-16(25)10-7-14)22(30)23(31)28(20)24-27-26-13(3)34-24/h6-12,20,29H,4-5H2,1-3H3/t20-/m0/s1. The van der Waals surface area contributed by atoms with Gasteiger partial charge in [-0.2, -0.15) is 0 Å². The summed E-state index contributed by atoms with van der Waals surface area (Å²) in [5, 5.41) is 19.9. The molecule has 1 amide bonds. The number of aliphatic hydroxyl groups excluding tert-OH is 1. The van der Waals surface area contributed by atoms with Gasteiger partial charge in [-0.3, -0.25) is 14.5 Å². The number of ether oxygens (including phenoxy) is 2. The molecule has 2 heterocycles. The zero-order valence-electron chi connectivity index (χ0n) is 18.7. The van der Waals surface area contributed by atoms with Gasteiger partial charge in [0, 0.05) is 5.56 Å². The lowest BCUT2D eigenvalue weighted by Crippen LogP contribution is -2.29. The first kappa shape index (κ1) is 23.4. The first-order valence-corrected chi connectivity index (χ1v) is 11.4. The van der Waals surface area contributed by atoms with Gasteiger partial charge in [-0.1, -0.05) is 17.4 Å². The summed E-state index contributed by atoms with van der Waals surface area (Å²) in [5.41, 5.74) is 0.562. The minimum atomic E-state index is -1.01. The third-order valence-corrected chi connectivity index (χ3v) is 6.00. The van der Waals surface area contributed by atoms with E-state index in [1.54, 1.807) is 25.1 Å². The average Bonchev–Trinajstić information content (AvgIpc) is 3.36. The molecule has 1 aromatic heterocycles. The van der Waals surface area contributed by atoms with Gasteiger partial charge >= 0.3 is 5.91 Å². The molecule has 3 aromatic rings. The molecule has 34 heavy (non-hydrogen) atoms.